The number of hydrogen-bond acceptors (Lipinski definition) is 0. The number of hydrogen-bond donors (Lipinski definition) is 0. The van der Waals surface area contributed by atoms with E-state index in [2.05, 4.69) is 39.9 Å². The molecular weight excluding hydrogens is 148 g/mol. The highest BCUT2D eigenvalue weighted by atomic mass is 28.3. The molecule has 0 bridgehead atoms. The van der Waals surface area contributed by atoms with Crippen LogP contribution in [0.2, 0.25) is 13.1 Å². The van der Waals surface area contributed by atoms with Crippen molar-refractivity contribution in [1.82, 2.24) is 0 Å². The van der Waals surface area contributed by atoms with Crippen LogP contribution in [0.1, 0.15) is 27.2 Å². The second kappa shape index (κ2) is 2.63. The maximum atomic E-state index is 2.44. The first-order valence-electron chi connectivity index (χ1n) is 4.39. The lowest BCUT2D eigenvalue weighted by Gasteiger charge is -2.20. The molecule has 1 aliphatic rings. The molecule has 1 heteroatoms. The van der Waals surface area contributed by atoms with Gasteiger partial charge in [0.25, 0.3) is 0 Å². The maximum absolute atomic E-state index is 2.44. The van der Waals surface area contributed by atoms with Gasteiger partial charge in [-0.15, -0.1) is 0 Å². The van der Waals surface area contributed by atoms with Crippen LogP contribution in [-0.2, 0) is 0 Å². The molecular formula is C10H18Si. The van der Waals surface area contributed by atoms with Gasteiger partial charge in [-0.25, -0.2) is 0 Å². The molecule has 1 rings (SSSR count). The van der Waals surface area contributed by atoms with Crippen LogP contribution >= 0.6 is 0 Å². The molecule has 0 atom stereocenters. The third-order valence-corrected chi connectivity index (χ3v) is 7.49. The molecule has 0 spiro atoms. The third-order valence-electron chi connectivity index (χ3n) is 3.18. The molecule has 1 heterocycles. The lowest BCUT2D eigenvalue weighted by atomic mass is 10.2. The largest absolute Gasteiger partial charge is 0.102 e. The monoisotopic (exact) mass is 166 g/mol. The van der Waals surface area contributed by atoms with E-state index in [0.717, 1.165) is 0 Å². The summed E-state index contributed by atoms with van der Waals surface area (Å²) in [5.41, 5.74) is 1.60. The van der Waals surface area contributed by atoms with Crippen molar-refractivity contribution in [1.29, 1.82) is 0 Å². The highest BCUT2D eigenvalue weighted by Gasteiger charge is 2.30. The van der Waals surface area contributed by atoms with E-state index in [0.29, 0.717) is 0 Å². The van der Waals surface area contributed by atoms with Crippen molar-refractivity contribution < 1.29 is 0 Å². The van der Waals surface area contributed by atoms with E-state index in [1.54, 1.807) is 16.0 Å². The van der Waals surface area contributed by atoms with E-state index in [1.807, 2.05) is 0 Å². The molecule has 0 aliphatic carbocycles. The lowest BCUT2D eigenvalue weighted by Crippen LogP contribution is -2.27. The zero-order valence-corrected chi connectivity index (χ0v) is 9.28. The van der Waals surface area contributed by atoms with Gasteiger partial charge in [0, 0.05) is 0 Å². The first-order chi connectivity index (χ1) is 5.00. The van der Waals surface area contributed by atoms with E-state index in [4.69, 9.17) is 0 Å². The van der Waals surface area contributed by atoms with Gasteiger partial charge in [0.05, 0.1) is 0 Å². The summed E-state index contributed by atoms with van der Waals surface area (Å²) in [6.07, 6.45) is 3.61. The number of allylic oxidation sites excluding steroid dienone is 4. The van der Waals surface area contributed by atoms with Crippen molar-refractivity contribution >= 4 is 8.07 Å². The molecule has 0 aromatic rings. The Balaban J connectivity index is 3.07. The van der Waals surface area contributed by atoms with Crippen LogP contribution in [0.25, 0.3) is 0 Å². The third kappa shape index (κ3) is 1.22. The van der Waals surface area contributed by atoms with Crippen LogP contribution in [-0.4, -0.2) is 8.07 Å². The molecule has 0 radical (unpaired) electrons. The second-order valence-electron chi connectivity index (χ2n) is 3.96. The van der Waals surface area contributed by atoms with Gasteiger partial charge in [-0.05, 0) is 20.3 Å². The van der Waals surface area contributed by atoms with Gasteiger partial charge in [0.2, 0.25) is 0 Å². The van der Waals surface area contributed by atoms with E-state index < -0.39 is 8.07 Å². The quantitative estimate of drug-likeness (QED) is 0.523. The van der Waals surface area contributed by atoms with Gasteiger partial charge in [0.1, 0.15) is 8.07 Å². The second-order valence-corrected chi connectivity index (χ2v) is 8.74. The van der Waals surface area contributed by atoms with Crippen LogP contribution in [0, 0.1) is 0 Å². The molecule has 0 saturated carbocycles. The first-order valence-corrected chi connectivity index (χ1v) is 7.39. The molecule has 11 heavy (non-hydrogen) atoms. The predicted molar refractivity (Wildman–Crippen MR) is 54.2 cm³/mol. The minimum absolute atomic E-state index is 1.09. The SMILES string of the molecule is CCC1=C(C)[Si](C)(C)C(C)=C1. The molecule has 0 saturated heterocycles. The molecule has 0 N–H and O–H groups in total. The van der Waals surface area contributed by atoms with Crippen molar-refractivity contribution in [3.8, 4) is 0 Å². The van der Waals surface area contributed by atoms with Gasteiger partial charge >= 0.3 is 0 Å². The Bertz CT molecular complexity index is 231. The van der Waals surface area contributed by atoms with Gasteiger partial charge < -0.3 is 0 Å². The van der Waals surface area contributed by atoms with E-state index in [9.17, 15) is 0 Å². The molecule has 0 amide bonds. The normalized spacial score (nSPS) is 22.5. The molecule has 0 fully saturated rings. The van der Waals surface area contributed by atoms with Crippen LogP contribution in [0.15, 0.2) is 22.0 Å². The van der Waals surface area contributed by atoms with E-state index in [1.165, 1.54) is 6.42 Å². The zero-order chi connectivity index (χ0) is 8.65. The minimum atomic E-state index is -1.09. The Morgan fingerprint density at radius 3 is 2.00 bits per heavy atom. The summed E-state index contributed by atoms with van der Waals surface area (Å²) in [4.78, 5) is 0. The predicted octanol–water partition coefficient (Wildman–Crippen LogP) is 3.46. The summed E-state index contributed by atoms with van der Waals surface area (Å²) in [7, 11) is -1.09. The van der Waals surface area contributed by atoms with Gasteiger partial charge in [-0.3, -0.25) is 0 Å². The highest BCUT2D eigenvalue weighted by Crippen LogP contribution is 2.34. The summed E-state index contributed by atoms with van der Waals surface area (Å²) in [5.74, 6) is 0. The molecule has 0 aromatic heterocycles. The molecule has 0 unspecified atom stereocenters. The average Bonchev–Trinajstić information content (AvgIpc) is 2.14. The standard InChI is InChI=1S/C10H18Si/c1-6-10-7-8(2)11(4,5)9(10)3/h7H,6H2,1-5H3. The van der Waals surface area contributed by atoms with Crippen molar-refractivity contribution in [2.75, 3.05) is 0 Å². The highest BCUT2D eigenvalue weighted by molar-refractivity contribution is 6.91. The maximum Gasteiger partial charge on any atom is 0.102 e. The fourth-order valence-electron chi connectivity index (χ4n) is 1.61. The molecule has 0 aromatic carbocycles. The van der Waals surface area contributed by atoms with Crippen molar-refractivity contribution in [3.05, 3.63) is 22.0 Å². The lowest BCUT2D eigenvalue weighted by molar-refractivity contribution is 1.14. The first kappa shape index (κ1) is 8.79. The van der Waals surface area contributed by atoms with Gasteiger partial charge in [-0.2, -0.15) is 0 Å². The Morgan fingerprint density at radius 2 is 1.82 bits per heavy atom. The minimum Gasteiger partial charge on any atom is -0.0792 e. The van der Waals surface area contributed by atoms with Crippen LogP contribution in [0.3, 0.4) is 0 Å². The topological polar surface area (TPSA) is 0 Å². The Hall–Kier alpha value is -0.303. The number of rotatable bonds is 1. The Labute approximate surface area is 71.0 Å². The van der Waals surface area contributed by atoms with Crippen molar-refractivity contribution in [3.63, 3.8) is 0 Å². The van der Waals surface area contributed by atoms with Crippen LogP contribution in [0.5, 0.6) is 0 Å². The van der Waals surface area contributed by atoms with Crippen LogP contribution < -0.4 is 0 Å². The zero-order valence-electron chi connectivity index (χ0n) is 8.28. The Kier molecular flexibility index (Phi) is 2.10. The smallest absolute Gasteiger partial charge is 0.0792 e. The average molecular weight is 166 g/mol. The summed E-state index contributed by atoms with van der Waals surface area (Å²) < 4.78 is 0. The summed E-state index contributed by atoms with van der Waals surface area (Å²) >= 11 is 0. The van der Waals surface area contributed by atoms with Crippen molar-refractivity contribution in [2.24, 2.45) is 0 Å². The van der Waals surface area contributed by atoms with Crippen LogP contribution in [0.4, 0.5) is 0 Å². The fraction of sp³-hybridized carbons (Fsp3) is 0.600. The molecule has 1 aliphatic heterocycles. The van der Waals surface area contributed by atoms with Gasteiger partial charge in [-0.1, -0.05) is 42.1 Å². The summed E-state index contributed by atoms with van der Waals surface area (Å²) in [6.45, 7) is 11.7. The Morgan fingerprint density at radius 1 is 1.27 bits per heavy atom. The van der Waals surface area contributed by atoms with Gasteiger partial charge in [0.15, 0.2) is 0 Å². The fourth-order valence-corrected chi connectivity index (χ4v) is 3.79. The summed E-state index contributed by atoms with van der Waals surface area (Å²) in [5, 5.41) is 3.34. The van der Waals surface area contributed by atoms with E-state index >= 15 is 0 Å². The van der Waals surface area contributed by atoms with E-state index in [-0.39, 0.29) is 0 Å². The van der Waals surface area contributed by atoms with Crippen molar-refractivity contribution in [2.45, 2.75) is 40.3 Å². The molecule has 62 valence electrons. The summed E-state index contributed by atoms with van der Waals surface area (Å²) in [6, 6.07) is 0. The molecule has 0 nitrogen and oxygen atoms in total.